The van der Waals surface area contributed by atoms with Gasteiger partial charge in [0.2, 0.25) is 5.92 Å². The lowest BCUT2D eigenvalue weighted by Gasteiger charge is -2.31. The summed E-state index contributed by atoms with van der Waals surface area (Å²) in [6, 6.07) is 0. The van der Waals surface area contributed by atoms with E-state index in [1.54, 1.807) is 0 Å². The van der Waals surface area contributed by atoms with Gasteiger partial charge >= 0.3 is 0 Å². The van der Waals surface area contributed by atoms with Crippen LogP contribution in [0.1, 0.15) is 44.9 Å². The second-order valence-corrected chi connectivity index (χ2v) is 4.94. The monoisotopic (exact) mass is 204 g/mol. The highest BCUT2D eigenvalue weighted by Gasteiger charge is 2.38. The third-order valence-electron chi connectivity index (χ3n) is 3.58. The lowest BCUT2D eigenvalue weighted by atomic mass is 9.82. The normalized spacial score (nSPS) is 30.2. The minimum atomic E-state index is -2.46. The average Bonchev–Trinajstić information content (AvgIpc) is 2.88. The standard InChI is InChI=1S/C11H18F2O/c12-11(13)5-3-9(4-6-11)10(14)7-8-1-2-8/h8-10,14H,1-7H2. The highest BCUT2D eigenvalue weighted by molar-refractivity contribution is 4.84. The smallest absolute Gasteiger partial charge is 0.248 e. The van der Waals surface area contributed by atoms with Gasteiger partial charge in [-0.05, 0) is 31.1 Å². The summed E-state index contributed by atoms with van der Waals surface area (Å²) in [5.41, 5.74) is 0. The van der Waals surface area contributed by atoms with Crippen molar-refractivity contribution in [3.8, 4) is 0 Å². The topological polar surface area (TPSA) is 20.2 Å². The summed E-state index contributed by atoms with van der Waals surface area (Å²) in [6.07, 6.45) is 3.91. The van der Waals surface area contributed by atoms with Gasteiger partial charge in [0, 0.05) is 12.8 Å². The lowest BCUT2D eigenvalue weighted by Crippen LogP contribution is -2.31. The van der Waals surface area contributed by atoms with Gasteiger partial charge in [-0.25, -0.2) is 8.78 Å². The Balaban J connectivity index is 1.75. The van der Waals surface area contributed by atoms with Crippen LogP contribution in [0, 0.1) is 11.8 Å². The maximum absolute atomic E-state index is 12.8. The van der Waals surface area contributed by atoms with E-state index in [1.165, 1.54) is 12.8 Å². The Morgan fingerprint density at radius 2 is 1.71 bits per heavy atom. The Hall–Kier alpha value is -0.180. The molecule has 0 saturated heterocycles. The number of aliphatic hydroxyl groups is 1. The van der Waals surface area contributed by atoms with Gasteiger partial charge in [-0.15, -0.1) is 0 Å². The van der Waals surface area contributed by atoms with Gasteiger partial charge < -0.3 is 5.11 Å². The van der Waals surface area contributed by atoms with Crippen molar-refractivity contribution in [2.75, 3.05) is 0 Å². The van der Waals surface area contributed by atoms with E-state index in [1.807, 2.05) is 0 Å². The minimum Gasteiger partial charge on any atom is -0.393 e. The van der Waals surface area contributed by atoms with Gasteiger partial charge in [0.15, 0.2) is 0 Å². The second kappa shape index (κ2) is 3.76. The van der Waals surface area contributed by atoms with Crippen LogP contribution in [0.2, 0.25) is 0 Å². The summed E-state index contributed by atoms with van der Waals surface area (Å²) in [5.74, 6) is -1.64. The van der Waals surface area contributed by atoms with Crippen molar-refractivity contribution in [3.63, 3.8) is 0 Å². The molecule has 0 bridgehead atoms. The van der Waals surface area contributed by atoms with Crippen molar-refractivity contribution in [2.24, 2.45) is 11.8 Å². The molecule has 2 fully saturated rings. The van der Waals surface area contributed by atoms with Crippen molar-refractivity contribution >= 4 is 0 Å². The SMILES string of the molecule is OC(CC1CC1)C1CCC(F)(F)CC1. The quantitative estimate of drug-likeness (QED) is 0.749. The molecule has 3 heteroatoms. The van der Waals surface area contributed by atoms with Crippen LogP contribution >= 0.6 is 0 Å². The molecule has 1 unspecified atom stereocenters. The van der Waals surface area contributed by atoms with E-state index in [9.17, 15) is 13.9 Å². The molecule has 82 valence electrons. The number of hydrogen-bond donors (Lipinski definition) is 1. The van der Waals surface area contributed by atoms with Crippen LogP contribution < -0.4 is 0 Å². The Morgan fingerprint density at radius 1 is 1.14 bits per heavy atom. The number of halogens is 2. The van der Waals surface area contributed by atoms with Crippen LogP contribution in [0.5, 0.6) is 0 Å². The second-order valence-electron chi connectivity index (χ2n) is 4.94. The molecular weight excluding hydrogens is 186 g/mol. The number of hydrogen-bond acceptors (Lipinski definition) is 1. The van der Waals surface area contributed by atoms with Crippen molar-refractivity contribution in [3.05, 3.63) is 0 Å². The Morgan fingerprint density at radius 3 is 2.21 bits per heavy atom. The molecule has 1 atom stereocenters. The summed E-state index contributed by atoms with van der Waals surface area (Å²) in [7, 11) is 0. The molecule has 0 aromatic heterocycles. The summed E-state index contributed by atoms with van der Waals surface area (Å²) in [6.45, 7) is 0. The molecule has 14 heavy (non-hydrogen) atoms. The fraction of sp³-hybridized carbons (Fsp3) is 1.00. The number of alkyl halides is 2. The van der Waals surface area contributed by atoms with Crippen LogP contribution in [0.4, 0.5) is 8.78 Å². The third-order valence-corrected chi connectivity index (χ3v) is 3.58. The van der Waals surface area contributed by atoms with Crippen LogP contribution in [-0.4, -0.2) is 17.1 Å². The van der Waals surface area contributed by atoms with Crippen LogP contribution in [0.15, 0.2) is 0 Å². The fourth-order valence-corrected chi connectivity index (χ4v) is 2.33. The van der Waals surface area contributed by atoms with Gasteiger partial charge in [-0.2, -0.15) is 0 Å². The highest BCUT2D eigenvalue weighted by Crippen LogP contribution is 2.41. The molecule has 2 rings (SSSR count). The number of aliphatic hydroxyl groups excluding tert-OH is 1. The van der Waals surface area contributed by atoms with Gasteiger partial charge in [-0.3, -0.25) is 0 Å². The van der Waals surface area contributed by atoms with Crippen LogP contribution in [0.25, 0.3) is 0 Å². The summed E-state index contributed by atoms with van der Waals surface area (Å²) in [4.78, 5) is 0. The largest absolute Gasteiger partial charge is 0.393 e. The molecule has 0 heterocycles. The van der Waals surface area contributed by atoms with Gasteiger partial charge in [-0.1, -0.05) is 12.8 Å². The zero-order valence-corrected chi connectivity index (χ0v) is 8.38. The Labute approximate surface area is 83.5 Å². The van der Waals surface area contributed by atoms with Gasteiger partial charge in [0.05, 0.1) is 6.10 Å². The molecule has 0 aliphatic heterocycles. The third kappa shape index (κ3) is 2.66. The van der Waals surface area contributed by atoms with Crippen LogP contribution in [0.3, 0.4) is 0 Å². The summed E-state index contributed by atoms with van der Waals surface area (Å²) >= 11 is 0. The molecule has 2 aliphatic rings. The first-order valence-electron chi connectivity index (χ1n) is 5.63. The zero-order valence-electron chi connectivity index (χ0n) is 8.38. The van der Waals surface area contributed by atoms with E-state index >= 15 is 0 Å². The molecule has 0 radical (unpaired) electrons. The van der Waals surface area contributed by atoms with Gasteiger partial charge in [0.1, 0.15) is 0 Å². The Kier molecular flexibility index (Phi) is 2.78. The molecule has 0 aromatic carbocycles. The first kappa shape index (κ1) is 10.3. The van der Waals surface area contributed by atoms with E-state index in [2.05, 4.69) is 0 Å². The molecule has 0 spiro atoms. The summed E-state index contributed by atoms with van der Waals surface area (Å²) in [5, 5.41) is 9.81. The first-order valence-corrected chi connectivity index (χ1v) is 5.63. The molecule has 0 aromatic rings. The highest BCUT2D eigenvalue weighted by atomic mass is 19.3. The minimum absolute atomic E-state index is 0.0284. The van der Waals surface area contributed by atoms with E-state index in [0.29, 0.717) is 18.8 Å². The van der Waals surface area contributed by atoms with E-state index in [0.717, 1.165) is 6.42 Å². The maximum Gasteiger partial charge on any atom is 0.248 e. The lowest BCUT2D eigenvalue weighted by molar-refractivity contribution is -0.0635. The van der Waals surface area contributed by atoms with Crippen LogP contribution in [-0.2, 0) is 0 Å². The fourth-order valence-electron chi connectivity index (χ4n) is 2.33. The molecule has 1 nitrogen and oxygen atoms in total. The molecular formula is C11H18F2O. The van der Waals surface area contributed by atoms with E-state index in [4.69, 9.17) is 0 Å². The summed E-state index contributed by atoms with van der Waals surface area (Å²) < 4.78 is 25.7. The Bertz CT molecular complexity index is 191. The molecule has 0 amide bonds. The maximum atomic E-state index is 12.8. The first-order chi connectivity index (χ1) is 6.57. The van der Waals surface area contributed by atoms with E-state index < -0.39 is 5.92 Å². The van der Waals surface area contributed by atoms with Crippen molar-refractivity contribution in [1.29, 1.82) is 0 Å². The van der Waals surface area contributed by atoms with Crippen molar-refractivity contribution < 1.29 is 13.9 Å². The molecule has 1 N–H and O–H groups in total. The van der Waals surface area contributed by atoms with Crippen molar-refractivity contribution in [2.45, 2.75) is 57.0 Å². The molecule has 2 saturated carbocycles. The predicted octanol–water partition coefficient (Wildman–Crippen LogP) is 2.97. The average molecular weight is 204 g/mol. The molecule has 2 aliphatic carbocycles. The van der Waals surface area contributed by atoms with E-state index in [-0.39, 0.29) is 24.9 Å². The predicted molar refractivity (Wildman–Crippen MR) is 50.3 cm³/mol. The van der Waals surface area contributed by atoms with Gasteiger partial charge in [0.25, 0.3) is 0 Å². The zero-order chi connectivity index (χ0) is 10.2. The van der Waals surface area contributed by atoms with Crippen molar-refractivity contribution in [1.82, 2.24) is 0 Å². The number of rotatable bonds is 3.